The molecular weight excluding hydrogens is 272 g/mol. The van der Waals surface area contributed by atoms with Crippen molar-refractivity contribution in [2.45, 2.75) is 0 Å². The van der Waals surface area contributed by atoms with E-state index in [1.807, 2.05) is 54.6 Å². The minimum atomic E-state index is 0.465. The van der Waals surface area contributed by atoms with Crippen LogP contribution >= 0.6 is 11.6 Å². The lowest BCUT2D eigenvalue weighted by atomic mass is 10.2. The molecule has 2 aromatic carbocycles. The third kappa shape index (κ3) is 1.67. The van der Waals surface area contributed by atoms with Gasteiger partial charge in [-0.1, -0.05) is 54.1 Å². The van der Waals surface area contributed by atoms with E-state index in [4.69, 9.17) is 16.0 Å². The van der Waals surface area contributed by atoms with Gasteiger partial charge in [0.1, 0.15) is 10.5 Å². The summed E-state index contributed by atoms with van der Waals surface area (Å²) in [5, 5.41) is 0.504. The summed E-state index contributed by atoms with van der Waals surface area (Å²) in [6.45, 7) is 0. The number of para-hydroxylation sites is 2. The van der Waals surface area contributed by atoms with Gasteiger partial charge in [-0.25, -0.2) is 9.97 Å². The van der Waals surface area contributed by atoms with Crippen LogP contribution < -0.4 is 0 Å². The average molecular weight is 281 g/mol. The molecule has 0 aliphatic carbocycles. The lowest BCUT2D eigenvalue weighted by Gasteiger charge is -1.95. The maximum absolute atomic E-state index is 6.40. The van der Waals surface area contributed by atoms with E-state index >= 15 is 0 Å². The second-order valence-electron chi connectivity index (χ2n) is 4.48. The Morgan fingerprint density at radius 1 is 0.800 bits per heavy atom. The Morgan fingerprint density at radius 3 is 2.20 bits per heavy atom. The van der Waals surface area contributed by atoms with E-state index in [1.165, 1.54) is 0 Å². The zero-order valence-electron chi connectivity index (χ0n) is 10.4. The Balaban J connectivity index is 2.05. The summed E-state index contributed by atoms with van der Waals surface area (Å²) in [5.74, 6) is 0.609. The molecule has 0 saturated carbocycles. The second-order valence-corrected chi connectivity index (χ2v) is 4.86. The summed E-state index contributed by atoms with van der Waals surface area (Å²) in [4.78, 5) is 9.01. The average Bonchev–Trinajstić information content (AvgIpc) is 2.83. The van der Waals surface area contributed by atoms with Crippen LogP contribution in [-0.2, 0) is 0 Å². The van der Waals surface area contributed by atoms with Crippen LogP contribution in [0.4, 0.5) is 0 Å². The topological polar surface area (TPSA) is 38.9 Å². The fourth-order valence-electron chi connectivity index (χ4n) is 2.22. The SMILES string of the molecule is Clc1c(-c2ccccc2)oc2nc3ccccc3nc12. The zero-order chi connectivity index (χ0) is 13.5. The Labute approximate surface area is 119 Å². The van der Waals surface area contributed by atoms with Gasteiger partial charge in [0.15, 0.2) is 5.76 Å². The summed E-state index contributed by atoms with van der Waals surface area (Å²) in [5.41, 5.74) is 3.59. The van der Waals surface area contributed by atoms with Crippen molar-refractivity contribution in [3.05, 3.63) is 59.6 Å². The Bertz CT molecular complexity index is 916. The van der Waals surface area contributed by atoms with Crippen LogP contribution in [0.2, 0.25) is 5.02 Å². The minimum Gasteiger partial charge on any atom is -0.435 e. The summed E-state index contributed by atoms with van der Waals surface area (Å²) in [6.07, 6.45) is 0. The fourth-order valence-corrected chi connectivity index (χ4v) is 2.49. The smallest absolute Gasteiger partial charge is 0.247 e. The predicted octanol–water partition coefficient (Wildman–Crippen LogP) is 4.70. The molecule has 0 unspecified atom stereocenters. The standard InChI is InChI=1S/C16H9ClN2O/c17-13-14-16(19-12-9-5-4-8-11(12)18-14)20-15(13)10-6-2-1-3-7-10/h1-9H. The van der Waals surface area contributed by atoms with E-state index in [0.29, 0.717) is 22.0 Å². The highest BCUT2D eigenvalue weighted by Crippen LogP contribution is 2.36. The number of hydrogen-bond donors (Lipinski definition) is 0. The molecule has 2 aromatic heterocycles. The zero-order valence-corrected chi connectivity index (χ0v) is 11.1. The van der Waals surface area contributed by atoms with E-state index in [1.54, 1.807) is 0 Å². The molecule has 4 rings (SSSR count). The Morgan fingerprint density at radius 2 is 1.45 bits per heavy atom. The molecule has 0 atom stereocenters. The first-order valence-corrected chi connectivity index (χ1v) is 6.61. The van der Waals surface area contributed by atoms with Gasteiger partial charge < -0.3 is 4.42 Å². The molecule has 0 radical (unpaired) electrons. The van der Waals surface area contributed by atoms with Crippen LogP contribution in [0.15, 0.2) is 59.0 Å². The van der Waals surface area contributed by atoms with E-state index in [9.17, 15) is 0 Å². The van der Waals surface area contributed by atoms with Crippen molar-refractivity contribution in [2.75, 3.05) is 0 Å². The van der Waals surface area contributed by atoms with E-state index in [-0.39, 0.29) is 0 Å². The summed E-state index contributed by atoms with van der Waals surface area (Å²) >= 11 is 6.40. The van der Waals surface area contributed by atoms with Crippen molar-refractivity contribution < 1.29 is 4.42 Å². The Kier molecular flexibility index (Phi) is 2.47. The first-order valence-electron chi connectivity index (χ1n) is 6.23. The fraction of sp³-hybridized carbons (Fsp3) is 0. The molecule has 2 heterocycles. The highest BCUT2D eigenvalue weighted by molar-refractivity contribution is 6.37. The quantitative estimate of drug-likeness (QED) is 0.507. The van der Waals surface area contributed by atoms with Crippen molar-refractivity contribution >= 4 is 33.9 Å². The normalized spacial score (nSPS) is 11.2. The summed E-state index contributed by atoms with van der Waals surface area (Å²) in [7, 11) is 0. The number of rotatable bonds is 1. The highest BCUT2D eigenvalue weighted by Gasteiger charge is 2.17. The number of benzene rings is 2. The third-order valence-corrected chi connectivity index (χ3v) is 3.53. The van der Waals surface area contributed by atoms with Gasteiger partial charge in [-0.15, -0.1) is 0 Å². The number of halogens is 1. The summed E-state index contributed by atoms with van der Waals surface area (Å²) in [6, 6.07) is 17.4. The molecule has 0 fully saturated rings. The molecule has 4 aromatic rings. The van der Waals surface area contributed by atoms with Crippen molar-refractivity contribution in [1.82, 2.24) is 9.97 Å². The molecule has 0 spiro atoms. The minimum absolute atomic E-state index is 0.465. The first kappa shape index (κ1) is 11.4. The number of fused-ring (bicyclic) bond motifs is 2. The van der Waals surface area contributed by atoms with Crippen molar-refractivity contribution in [3.8, 4) is 11.3 Å². The predicted molar refractivity (Wildman–Crippen MR) is 79.8 cm³/mol. The van der Waals surface area contributed by atoms with Crippen molar-refractivity contribution in [1.29, 1.82) is 0 Å². The van der Waals surface area contributed by atoms with E-state index in [0.717, 1.165) is 16.6 Å². The van der Waals surface area contributed by atoms with Gasteiger partial charge >= 0.3 is 0 Å². The number of hydrogen-bond acceptors (Lipinski definition) is 3. The molecular formula is C16H9ClN2O. The lowest BCUT2D eigenvalue weighted by Crippen LogP contribution is -1.83. The van der Waals surface area contributed by atoms with Crippen LogP contribution in [0.3, 0.4) is 0 Å². The van der Waals surface area contributed by atoms with Gasteiger partial charge in [-0.3, -0.25) is 0 Å². The van der Waals surface area contributed by atoms with Gasteiger partial charge in [0.2, 0.25) is 5.71 Å². The second kappa shape index (κ2) is 4.32. The molecule has 4 heteroatoms. The first-order chi connectivity index (χ1) is 9.83. The van der Waals surface area contributed by atoms with Gasteiger partial charge in [-0.2, -0.15) is 0 Å². The van der Waals surface area contributed by atoms with Gasteiger partial charge in [0.05, 0.1) is 11.0 Å². The van der Waals surface area contributed by atoms with Crippen LogP contribution in [-0.4, -0.2) is 9.97 Å². The molecule has 0 bridgehead atoms. The van der Waals surface area contributed by atoms with Crippen LogP contribution in [0.25, 0.3) is 33.6 Å². The molecule has 3 nitrogen and oxygen atoms in total. The van der Waals surface area contributed by atoms with Gasteiger partial charge in [0, 0.05) is 5.56 Å². The lowest BCUT2D eigenvalue weighted by molar-refractivity contribution is 0.619. The molecule has 96 valence electrons. The highest BCUT2D eigenvalue weighted by atomic mass is 35.5. The molecule has 0 saturated heterocycles. The van der Waals surface area contributed by atoms with Gasteiger partial charge in [-0.05, 0) is 12.1 Å². The number of aromatic nitrogens is 2. The largest absolute Gasteiger partial charge is 0.435 e. The molecule has 20 heavy (non-hydrogen) atoms. The summed E-state index contributed by atoms with van der Waals surface area (Å²) < 4.78 is 5.79. The van der Waals surface area contributed by atoms with Crippen LogP contribution in [0.1, 0.15) is 0 Å². The van der Waals surface area contributed by atoms with Gasteiger partial charge in [0.25, 0.3) is 0 Å². The van der Waals surface area contributed by atoms with Crippen LogP contribution in [0, 0.1) is 0 Å². The molecule has 0 aliphatic heterocycles. The third-order valence-electron chi connectivity index (χ3n) is 3.18. The number of nitrogens with zero attached hydrogens (tertiary/aromatic N) is 2. The molecule has 0 N–H and O–H groups in total. The maximum Gasteiger partial charge on any atom is 0.247 e. The maximum atomic E-state index is 6.40. The number of furan rings is 1. The van der Waals surface area contributed by atoms with Crippen molar-refractivity contribution in [3.63, 3.8) is 0 Å². The Hall–Kier alpha value is -2.39. The van der Waals surface area contributed by atoms with Crippen LogP contribution in [0.5, 0.6) is 0 Å². The van der Waals surface area contributed by atoms with Crippen molar-refractivity contribution in [2.24, 2.45) is 0 Å². The molecule has 0 amide bonds. The van der Waals surface area contributed by atoms with E-state index in [2.05, 4.69) is 9.97 Å². The molecule has 0 aliphatic rings. The van der Waals surface area contributed by atoms with E-state index < -0.39 is 0 Å². The monoisotopic (exact) mass is 280 g/mol.